The minimum Gasteiger partial charge on any atom is -0.422 e. The van der Waals surface area contributed by atoms with Crippen LogP contribution < -0.4 is 0 Å². The van der Waals surface area contributed by atoms with E-state index in [0.717, 1.165) is 12.5 Å². The van der Waals surface area contributed by atoms with Crippen LogP contribution in [0.3, 0.4) is 0 Å². The molecule has 5 aromatic heterocycles. The molecule has 0 aliphatic heterocycles. The Hall–Kier alpha value is -3.96. The van der Waals surface area contributed by atoms with E-state index in [2.05, 4.69) is 25.1 Å². The summed E-state index contributed by atoms with van der Waals surface area (Å²) in [7, 11) is 0. The average molecular weight is 446 g/mol. The van der Waals surface area contributed by atoms with Gasteiger partial charge in [0.15, 0.2) is 0 Å². The second-order valence-corrected chi connectivity index (χ2v) is 6.98. The Morgan fingerprint density at radius 1 is 1.00 bits per heavy atom. The first-order valence-electron chi connectivity index (χ1n) is 9.12. The maximum Gasteiger partial charge on any atom is 0.459 e. The lowest BCUT2D eigenvalue weighted by Crippen LogP contribution is -2.34. The number of imidazole rings is 1. The lowest BCUT2D eigenvalue weighted by Gasteiger charge is -2.20. The molecule has 5 rings (SSSR count). The average Bonchev–Trinajstić information content (AvgIpc) is 3.42. The normalized spacial score (nSPS) is 12.7. The summed E-state index contributed by atoms with van der Waals surface area (Å²) in [5.74, 6) is -5.12. The second-order valence-electron chi connectivity index (χ2n) is 6.98. The summed E-state index contributed by atoms with van der Waals surface area (Å²) < 4.78 is 74.5. The second kappa shape index (κ2) is 6.77. The fraction of sp³-hybridized carbons (Fsp3) is 0.150. The van der Waals surface area contributed by atoms with Crippen molar-refractivity contribution in [3.8, 4) is 22.7 Å². The molecular formula is C20H11F5N6O. The Labute approximate surface area is 175 Å². The summed E-state index contributed by atoms with van der Waals surface area (Å²) in [5.41, 5.74) is 0.0257. The third kappa shape index (κ3) is 3.06. The molecule has 162 valence electrons. The van der Waals surface area contributed by atoms with Gasteiger partial charge < -0.3 is 4.42 Å². The quantitative estimate of drug-likeness (QED) is 0.365. The van der Waals surface area contributed by atoms with Crippen molar-refractivity contribution in [1.82, 2.24) is 29.5 Å². The van der Waals surface area contributed by atoms with Gasteiger partial charge in [0.1, 0.15) is 22.7 Å². The van der Waals surface area contributed by atoms with Crippen LogP contribution in [0.1, 0.15) is 11.4 Å². The number of halogens is 5. The van der Waals surface area contributed by atoms with E-state index in [1.165, 1.54) is 16.8 Å². The van der Waals surface area contributed by atoms with Crippen LogP contribution in [-0.2, 0) is 5.92 Å². The highest BCUT2D eigenvalue weighted by molar-refractivity contribution is 5.94. The van der Waals surface area contributed by atoms with Crippen molar-refractivity contribution in [2.75, 3.05) is 0 Å². The third-order valence-electron chi connectivity index (χ3n) is 4.88. The number of rotatable bonds is 3. The highest BCUT2D eigenvalue weighted by Gasteiger charge is 2.60. The van der Waals surface area contributed by atoms with Crippen molar-refractivity contribution in [2.24, 2.45) is 0 Å². The molecule has 0 amide bonds. The molecule has 0 saturated heterocycles. The Bertz CT molecular complexity index is 1440. The number of fused-ring (bicyclic) bond motifs is 3. The van der Waals surface area contributed by atoms with E-state index in [-0.39, 0.29) is 28.4 Å². The zero-order valence-electron chi connectivity index (χ0n) is 16.1. The maximum absolute atomic E-state index is 14.3. The van der Waals surface area contributed by atoms with Gasteiger partial charge in [-0.2, -0.15) is 22.0 Å². The zero-order chi connectivity index (χ0) is 22.7. The molecule has 12 heteroatoms. The van der Waals surface area contributed by atoms with E-state index < -0.39 is 17.8 Å². The van der Waals surface area contributed by atoms with Crippen LogP contribution in [0.4, 0.5) is 22.0 Å². The van der Waals surface area contributed by atoms with E-state index in [1.54, 1.807) is 31.2 Å². The molecule has 0 saturated carbocycles. The molecule has 5 heterocycles. The minimum atomic E-state index is -5.83. The molecule has 5 aromatic rings. The SMILES string of the molecule is Cc1ccc(-c2cc(C(F)(F)C(F)(F)F)nc3c2ccc2nc(-c4nnco4)cn23)cn1. The van der Waals surface area contributed by atoms with Crippen molar-refractivity contribution in [3.05, 3.63) is 60.5 Å². The van der Waals surface area contributed by atoms with Crippen LogP contribution in [0.5, 0.6) is 0 Å². The zero-order valence-corrected chi connectivity index (χ0v) is 16.1. The predicted octanol–water partition coefficient (Wildman–Crippen LogP) is 4.96. The molecule has 0 radical (unpaired) electrons. The first-order chi connectivity index (χ1) is 15.1. The fourth-order valence-corrected chi connectivity index (χ4v) is 3.29. The molecule has 0 aromatic carbocycles. The van der Waals surface area contributed by atoms with Gasteiger partial charge in [-0.3, -0.25) is 9.38 Å². The third-order valence-corrected chi connectivity index (χ3v) is 4.88. The first kappa shape index (κ1) is 20.0. The smallest absolute Gasteiger partial charge is 0.422 e. The highest BCUT2D eigenvalue weighted by atomic mass is 19.4. The van der Waals surface area contributed by atoms with Gasteiger partial charge in [-0.15, -0.1) is 10.2 Å². The number of pyridine rings is 3. The molecule has 0 unspecified atom stereocenters. The highest BCUT2D eigenvalue weighted by Crippen LogP contribution is 2.45. The van der Waals surface area contributed by atoms with Crippen LogP contribution in [0.2, 0.25) is 0 Å². The van der Waals surface area contributed by atoms with Gasteiger partial charge in [-0.1, -0.05) is 6.07 Å². The van der Waals surface area contributed by atoms with Gasteiger partial charge in [0.25, 0.3) is 5.89 Å². The van der Waals surface area contributed by atoms with Crippen molar-refractivity contribution < 1.29 is 26.4 Å². The fourth-order valence-electron chi connectivity index (χ4n) is 3.29. The van der Waals surface area contributed by atoms with Gasteiger partial charge >= 0.3 is 12.1 Å². The summed E-state index contributed by atoms with van der Waals surface area (Å²) in [6, 6.07) is 7.09. The molecule has 0 spiro atoms. The predicted molar refractivity (Wildman–Crippen MR) is 102 cm³/mol. The van der Waals surface area contributed by atoms with Gasteiger partial charge in [-0.25, -0.2) is 9.97 Å². The summed E-state index contributed by atoms with van der Waals surface area (Å²) in [6.45, 7) is 1.73. The largest absolute Gasteiger partial charge is 0.459 e. The monoisotopic (exact) mass is 446 g/mol. The molecule has 0 bridgehead atoms. The van der Waals surface area contributed by atoms with Crippen LogP contribution in [0, 0.1) is 6.92 Å². The molecule has 7 nitrogen and oxygen atoms in total. The molecule has 0 aliphatic carbocycles. The maximum atomic E-state index is 14.3. The molecule has 0 aliphatic rings. The molecule has 0 atom stereocenters. The summed E-state index contributed by atoms with van der Waals surface area (Å²) in [4.78, 5) is 12.1. The van der Waals surface area contributed by atoms with E-state index in [9.17, 15) is 22.0 Å². The molecule has 32 heavy (non-hydrogen) atoms. The number of aryl methyl sites for hydroxylation is 1. The van der Waals surface area contributed by atoms with Gasteiger partial charge in [-0.05, 0) is 36.8 Å². The van der Waals surface area contributed by atoms with E-state index in [4.69, 9.17) is 4.42 Å². The summed E-state index contributed by atoms with van der Waals surface area (Å²) >= 11 is 0. The van der Waals surface area contributed by atoms with E-state index in [0.29, 0.717) is 16.6 Å². The van der Waals surface area contributed by atoms with Gasteiger partial charge in [0, 0.05) is 29.0 Å². The Kier molecular flexibility index (Phi) is 4.23. The molecule has 0 N–H and O–H groups in total. The number of hydrogen-bond donors (Lipinski definition) is 0. The van der Waals surface area contributed by atoms with Crippen LogP contribution in [0.25, 0.3) is 39.4 Å². The lowest BCUT2D eigenvalue weighted by molar-refractivity contribution is -0.290. The standard InChI is InChI=1S/C20H11F5N6O/c1-10-2-3-11(7-26-10)13-6-15(19(21,22)20(23,24)25)29-17-12(13)4-5-16-28-14(8-31(16)17)18-30-27-9-32-18/h2-9H,1H3. The number of alkyl halides is 5. The van der Waals surface area contributed by atoms with Crippen molar-refractivity contribution >= 4 is 16.7 Å². The van der Waals surface area contributed by atoms with Crippen molar-refractivity contribution in [1.29, 1.82) is 0 Å². The van der Waals surface area contributed by atoms with E-state index >= 15 is 0 Å². The minimum absolute atomic E-state index is 0.0570. The summed E-state index contributed by atoms with van der Waals surface area (Å²) in [6.07, 6.45) is -1.96. The number of hydrogen-bond acceptors (Lipinski definition) is 6. The van der Waals surface area contributed by atoms with Crippen molar-refractivity contribution in [3.63, 3.8) is 0 Å². The van der Waals surface area contributed by atoms with Crippen molar-refractivity contribution in [2.45, 2.75) is 19.0 Å². The Morgan fingerprint density at radius 3 is 2.47 bits per heavy atom. The Balaban J connectivity index is 1.85. The first-order valence-corrected chi connectivity index (χ1v) is 9.12. The van der Waals surface area contributed by atoms with E-state index in [1.807, 2.05) is 0 Å². The number of aromatic nitrogens is 6. The van der Waals surface area contributed by atoms with Gasteiger partial charge in [0.05, 0.1) is 0 Å². The van der Waals surface area contributed by atoms with Crippen LogP contribution in [-0.4, -0.2) is 35.7 Å². The lowest BCUT2D eigenvalue weighted by atomic mass is 10.0. The number of nitrogens with zero attached hydrogens (tertiary/aromatic N) is 6. The molecule has 0 fully saturated rings. The topological polar surface area (TPSA) is 82.0 Å². The molecular weight excluding hydrogens is 435 g/mol. The Morgan fingerprint density at radius 2 is 1.81 bits per heavy atom. The van der Waals surface area contributed by atoms with Gasteiger partial charge in [0.2, 0.25) is 6.39 Å². The van der Waals surface area contributed by atoms with Crippen LogP contribution >= 0.6 is 0 Å². The summed E-state index contributed by atoms with van der Waals surface area (Å²) in [5, 5.41) is 7.62. The van der Waals surface area contributed by atoms with Crippen LogP contribution in [0.15, 0.2) is 53.5 Å².